The zero-order valence-electron chi connectivity index (χ0n) is 12.2. The van der Waals surface area contributed by atoms with Crippen LogP contribution < -0.4 is 10.7 Å². The van der Waals surface area contributed by atoms with Gasteiger partial charge in [-0.15, -0.1) is 0 Å². The maximum absolute atomic E-state index is 13.6. The van der Waals surface area contributed by atoms with Crippen LogP contribution in [0.2, 0.25) is 0 Å². The van der Waals surface area contributed by atoms with E-state index in [9.17, 15) is 8.78 Å². The molecule has 0 saturated heterocycles. The monoisotopic (exact) mass is 319 g/mol. The van der Waals surface area contributed by atoms with Gasteiger partial charge in [0.1, 0.15) is 11.6 Å². The van der Waals surface area contributed by atoms with Crippen LogP contribution in [0.1, 0.15) is 18.1 Å². The van der Waals surface area contributed by atoms with Crippen molar-refractivity contribution >= 4 is 28.7 Å². The van der Waals surface area contributed by atoms with Gasteiger partial charge in [-0.05, 0) is 49.8 Å². The third-order valence-electron chi connectivity index (χ3n) is 3.04. The van der Waals surface area contributed by atoms with Gasteiger partial charge in [-0.1, -0.05) is 18.2 Å². The van der Waals surface area contributed by atoms with Crippen LogP contribution >= 0.6 is 12.2 Å². The molecule has 0 fully saturated rings. The predicted molar refractivity (Wildman–Crippen MR) is 89.1 cm³/mol. The molecular formula is C16H15F2N3S. The number of hydrazone groups is 1. The van der Waals surface area contributed by atoms with Crippen molar-refractivity contribution in [2.24, 2.45) is 5.10 Å². The fourth-order valence-corrected chi connectivity index (χ4v) is 2.00. The number of aryl methyl sites for hydroxylation is 1. The molecular weight excluding hydrogens is 304 g/mol. The summed E-state index contributed by atoms with van der Waals surface area (Å²) in [7, 11) is 0. The number of rotatable bonds is 3. The van der Waals surface area contributed by atoms with Crippen molar-refractivity contribution in [1.82, 2.24) is 5.43 Å². The van der Waals surface area contributed by atoms with Crippen LogP contribution in [0.3, 0.4) is 0 Å². The average molecular weight is 319 g/mol. The number of hydrogen-bond donors (Lipinski definition) is 2. The molecule has 3 nitrogen and oxygen atoms in total. The molecule has 0 atom stereocenters. The Labute approximate surface area is 133 Å². The van der Waals surface area contributed by atoms with E-state index in [-0.39, 0.29) is 10.7 Å². The molecule has 0 saturated carbocycles. The Bertz CT molecular complexity index is 729. The molecule has 0 heterocycles. The minimum Gasteiger partial charge on any atom is -0.331 e. The third-order valence-corrected chi connectivity index (χ3v) is 3.23. The van der Waals surface area contributed by atoms with E-state index < -0.39 is 11.6 Å². The quantitative estimate of drug-likeness (QED) is 0.510. The normalized spacial score (nSPS) is 11.2. The first-order chi connectivity index (χ1) is 10.5. The second-order valence-corrected chi connectivity index (χ2v) is 5.11. The van der Waals surface area contributed by atoms with Gasteiger partial charge in [-0.2, -0.15) is 5.10 Å². The van der Waals surface area contributed by atoms with Gasteiger partial charge in [-0.3, -0.25) is 5.43 Å². The van der Waals surface area contributed by atoms with Crippen LogP contribution in [0.4, 0.5) is 14.5 Å². The fourth-order valence-electron chi connectivity index (χ4n) is 1.84. The molecule has 114 valence electrons. The second kappa shape index (κ2) is 7.09. The lowest BCUT2D eigenvalue weighted by Gasteiger charge is -2.10. The maximum atomic E-state index is 13.6. The molecule has 0 aliphatic rings. The number of thiocarbonyl (C=S) groups is 1. The lowest BCUT2D eigenvalue weighted by molar-refractivity contribution is 0.581. The Morgan fingerprint density at radius 1 is 1.14 bits per heavy atom. The first kappa shape index (κ1) is 16.0. The fraction of sp³-hybridized carbons (Fsp3) is 0.125. The SMILES string of the molecule is C/C(=N/NC(=S)Nc1ccccc1C)c1ccc(F)cc1F. The van der Waals surface area contributed by atoms with Gasteiger partial charge < -0.3 is 5.32 Å². The van der Waals surface area contributed by atoms with Crippen molar-refractivity contribution in [1.29, 1.82) is 0 Å². The molecule has 0 spiro atoms. The summed E-state index contributed by atoms with van der Waals surface area (Å²) in [6, 6.07) is 11.0. The molecule has 2 aromatic carbocycles. The molecule has 6 heteroatoms. The minimum absolute atomic E-state index is 0.215. The van der Waals surface area contributed by atoms with Crippen molar-refractivity contribution in [3.63, 3.8) is 0 Å². The van der Waals surface area contributed by atoms with Crippen LogP contribution in [0.25, 0.3) is 0 Å². The zero-order chi connectivity index (χ0) is 16.1. The predicted octanol–water partition coefficient (Wildman–Crippen LogP) is 3.98. The minimum atomic E-state index is -0.666. The second-order valence-electron chi connectivity index (χ2n) is 4.70. The van der Waals surface area contributed by atoms with Crippen LogP contribution in [0.15, 0.2) is 47.6 Å². The standard InChI is InChI=1S/C16H15F2N3S/c1-10-5-3-4-6-15(10)19-16(22)21-20-11(2)13-8-7-12(17)9-14(13)18/h3-9H,1-2H3,(H2,19,21,22)/b20-11-. The van der Waals surface area contributed by atoms with Gasteiger partial charge >= 0.3 is 0 Å². The molecule has 0 radical (unpaired) electrons. The molecule has 0 aliphatic heterocycles. The summed E-state index contributed by atoms with van der Waals surface area (Å²) in [5.74, 6) is -1.29. The van der Waals surface area contributed by atoms with E-state index in [2.05, 4.69) is 15.8 Å². The van der Waals surface area contributed by atoms with E-state index in [1.165, 1.54) is 12.1 Å². The van der Waals surface area contributed by atoms with Crippen LogP contribution in [0.5, 0.6) is 0 Å². The number of nitrogens with one attached hydrogen (secondary N) is 2. The van der Waals surface area contributed by atoms with E-state index in [0.717, 1.165) is 17.3 Å². The van der Waals surface area contributed by atoms with Crippen LogP contribution in [-0.4, -0.2) is 10.8 Å². The van der Waals surface area contributed by atoms with E-state index in [4.69, 9.17) is 12.2 Å². The Balaban J connectivity index is 2.04. The van der Waals surface area contributed by atoms with Gasteiger partial charge in [0, 0.05) is 17.3 Å². The summed E-state index contributed by atoms with van der Waals surface area (Å²) in [6.07, 6.45) is 0. The molecule has 0 aliphatic carbocycles. The first-order valence-corrected chi connectivity index (χ1v) is 7.00. The van der Waals surface area contributed by atoms with E-state index in [1.54, 1.807) is 6.92 Å². The number of halogens is 2. The third kappa shape index (κ3) is 4.08. The molecule has 0 amide bonds. The molecule has 22 heavy (non-hydrogen) atoms. The van der Waals surface area contributed by atoms with Crippen LogP contribution in [0, 0.1) is 18.6 Å². The van der Waals surface area contributed by atoms with Crippen LogP contribution in [-0.2, 0) is 0 Å². The Morgan fingerprint density at radius 2 is 1.86 bits per heavy atom. The van der Waals surface area contributed by atoms with Crippen molar-refractivity contribution in [3.8, 4) is 0 Å². The van der Waals surface area contributed by atoms with Gasteiger partial charge in [0.25, 0.3) is 0 Å². The van der Waals surface area contributed by atoms with Crippen molar-refractivity contribution in [3.05, 3.63) is 65.2 Å². The highest BCUT2D eigenvalue weighted by Gasteiger charge is 2.07. The largest absolute Gasteiger partial charge is 0.331 e. The number of para-hydroxylation sites is 1. The summed E-state index contributed by atoms with van der Waals surface area (Å²) >= 11 is 5.13. The average Bonchev–Trinajstić information content (AvgIpc) is 2.47. The highest BCUT2D eigenvalue weighted by Crippen LogP contribution is 2.13. The highest BCUT2D eigenvalue weighted by atomic mass is 32.1. The lowest BCUT2D eigenvalue weighted by Crippen LogP contribution is -2.25. The Hall–Kier alpha value is -2.34. The van der Waals surface area contributed by atoms with Gasteiger partial charge in [0.15, 0.2) is 5.11 Å². The lowest BCUT2D eigenvalue weighted by atomic mass is 10.1. The summed E-state index contributed by atoms with van der Waals surface area (Å²) in [5.41, 5.74) is 5.13. The zero-order valence-corrected chi connectivity index (χ0v) is 13.0. The van der Waals surface area contributed by atoms with E-state index in [1.807, 2.05) is 31.2 Å². The molecule has 0 unspecified atom stereocenters. The molecule has 0 aromatic heterocycles. The Morgan fingerprint density at radius 3 is 2.55 bits per heavy atom. The summed E-state index contributed by atoms with van der Waals surface area (Å²) in [6.45, 7) is 3.56. The summed E-state index contributed by atoms with van der Waals surface area (Å²) < 4.78 is 26.5. The van der Waals surface area contributed by atoms with Gasteiger partial charge in [0.05, 0.1) is 5.71 Å². The topological polar surface area (TPSA) is 36.4 Å². The number of benzene rings is 2. The van der Waals surface area contributed by atoms with E-state index >= 15 is 0 Å². The van der Waals surface area contributed by atoms with Crippen molar-refractivity contribution in [2.45, 2.75) is 13.8 Å². The highest BCUT2D eigenvalue weighted by molar-refractivity contribution is 7.80. The molecule has 2 N–H and O–H groups in total. The number of nitrogens with zero attached hydrogens (tertiary/aromatic N) is 1. The van der Waals surface area contributed by atoms with Crippen molar-refractivity contribution < 1.29 is 8.78 Å². The Kier molecular flexibility index (Phi) is 5.16. The van der Waals surface area contributed by atoms with Gasteiger partial charge in [0.2, 0.25) is 0 Å². The summed E-state index contributed by atoms with van der Waals surface area (Å²) in [4.78, 5) is 0. The molecule has 2 aromatic rings. The number of anilines is 1. The molecule has 2 rings (SSSR count). The maximum Gasteiger partial charge on any atom is 0.191 e. The summed E-state index contributed by atoms with van der Waals surface area (Å²) in [5, 5.41) is 7.30. The smallest absolute Gasteiger partial charge is 0.191 e. The van der Waals surface area contributed by atoms with E-state index in [0.29, 0.717) is 5.71 Å². The molecule has 0 bridgehead atoms. The first-order valence-electron chi connectivity index (χ1n) is 6.59. The number of hydrogen-bond acceptors (Lipinski definition) is 2. The van der Waals surface area contributed by atoms with Gasteiger partial charge in [-0.25, -0.2) is 8.78 Å². The van der Waals surface area contributed by atoms with Crippen molar-refractivity contribution in [2.75, 3.05) is 5.32 Å².